The number of carboxylic acids is 1. The van der Waals surface area contributed by atoms with E-state index in [9.17, 15) is 14.4 Å². The van der Waals surface area contributed by atoms with Crippen molar-refractivity contribution < 1.29 is 19.5 Å². The minimum atomic E-state index is -0.792. The number of rotatable bonds is 7. The molecule has 0 saturated carbocycles. The van der Waals surface area contributed by atoms with Gasteiger partial charge in [-0.3, -0.25) is 14.4 Å². The molecule has 166 valence electrons. The SMILES string of the molecule is Cl.O=C(O)C1CCN(C(=O)C[C@@H](CNC(=O)[C@@H]2CCCN2)c2ccc(Cl)cc2)CC1. The Hall–Kier alpha value is -1.83. The van der Waals surface area contributed by atoms with Crippen LogP contribution in [0.5, 0.6) is 0 Å². The van der Waals surface area contributed by atoms with Gasteiger partial charge in [0.05, 0.1) is 12.0 Å². The van der Waals surface area contributed by atoms with Gasteiger partial charge in [-0.2, -0.15) is 0 Å². The monoisotopic (exact) mass is 457 g/mol. The zero-order valence-electron chi connectivity index (χ0n) is 16.8. The molecule has 2 aliphatic heterocycles. The third-order valence-corrected chi connectivity index (χ3v) is 6.11. The quantitative estimate of drug-likeness (QED) is 0.583. The first-order valence-corrected chi connectivity index (χ1v) is 10.6. The second kappa shape index (κ2) is 11.5. The van der Waals surface area contributed by atoms with Crippen LogP contribution in [-0.4, -0.2) is 60.0 Å². The lowest BCUT2D eigenvalue weighted by molar-refractivity contribution is -0.145. The smallest absolute Gasteiger partial charge is 0.306 e. The number of halogens is 2. The number of piperidine rings is 1. The average molecular weight is 458 g/mol. The Morgan fingerprint density at radius 1 is 1.17 bits per heavy atom. The van der Waals surface area contributed by atoms with E-state index >= 15 is 0 Å². The maximum absolute atomic E-state index is 12.9. The third-order valence-electron chi connectivity index (χ3n) is 5.86. The van der Waals surface area contributed by atoms with Crippen LogP contribution in [0.1, 0.15) is 43.6 Å². The first-order chi connectivity index (χ1) is 13.9. The molecule has 9 heteroatoms. The summed E-state index contributed by atoms with van der Waals surface area (Å²) in [5, 5.41) is 15.9. The fourth-order valence-electron chi connectivity index (χ4n) is 4.01. The van der Waals surface area contributed by atoms with Crippen LogP contribution in [-0.2, 0) is 14.4 Å². The van der Waals surface area contributed by atoms with Crippen LogP contribution in [0.2, 0.25) is 5.02 Å². The lowest BCUT2D eigenvalue weighted by atomic mass is 9.93. The van der Waals surface area contributed by atoms with Crippen LogP contribution in [0.25, 0.3) is 0 Å². The highest BCUT2D eigenvalue weighted by atomic mass is 35.5. The van der Waals surface area contributed by atoms with Crippen molar-refractivity contribution in [1.82, 2.24) is 15.5 Å². The molecule has 1 aromatic carbocycles. The first-order valence-electron chi connectivity index (χ1n) is 10.2. The van der Waals surface area contributed by atoms with Gasteiger partial charge in [0.1, 0.15) is 0 Å². The van der Waals surface area contributed by atoms with Crippen LogP contribution >= 0.6 is 24.0 Å². The molecule has 0 unspecified atom stereocenters. The Kier molecular flexibility index (Phi) is 9.39. The molecule has 3 N–H and O–H groups in total. The predicted molar refractivity (Wildman–Crippen MR) is 117 cm³/mol. The minimum absolute atomic E-state index is 0. The molecule has 0 bridgehead atoms. The molecule has 2 amide bonds. The maximum Gasteiger partial charge on any atom is 0.306 e. The number of hydrogen-bond donors (Lipinski definition) is 3. The number of carbonyl (C=O) groups is 3. The van der Waals surface area contributed by atoms with E-state index in [2.05, 4.69) is 10.6 Å². The predicted octanol–water partition coefficient (Wildman–Crippen LogP) is 2.43. The highest BCUT2D eigenvalue weighted by Crippen LogP contribution is 2.24. The normalized spacial score (nSPS) is 20.3. The van der Waals surface area contributed by atoms with Crippen LogP contribution in [0.3, 0.4) is 0 Å². The van der Waals surface area contributed by atoms with Crippen molar-refractivity contribution in [2.24, 2.45) is 5.92 Å². The van der Waals surface area contributed by atoms with Gasteiger partial charge in [-0.05, 0) is 49.9 Å². The van der Waals surface area contributed by atoms with Crippen molar-refractivity contribution in [3.05, 3.63) is 34.9 Å². The summed E-state index contributed by atoms with van der Waals surface area (Å²) in [7, 11) is 0. The number of hydrogen-bond acceptors (Lipinski definition) is 4. The highest BCUT2D eigenvalue weighted by molar-refractivity contribution is 6.30. The number of likely N-dealkylation sites (tertiary alicyclic amines) is 1. The summed E-state index contributed by atoms with van der Waals surface area (Å²) in [6.07, 6.45) is 3.05. The molecule has 30 heavy (non-hydrogen) atoms. The van der Waals surface area contributed by atoms with E-state index in [0.717, 1.165) is 24.9 Å². The largest absolute Gasteiger partial charge is 0.481 e. The molecule has 7 nitrogen and oxygen atoms in total. The number of benzene rings is 1. The first kappa shape index (κ1) is 24.4. The topological polar surface area (TPSA) is 98.7 Å². The molecule has 2 fully saturated rings. The van der Waals surface area contributed by atoms with Crippen molar-refractivity contribution in [2.75, 3.05) is 26.2 Å². The highest BCUT2D eigenvalue weighted by Gasteiger charge is 2.29. The summed E-state index contributed by atoms with van der Waals surface area (Å²) in [5.74, 6) is -1.37. The summed E-state index contributed by atoms with van der Waals surface area (Å²) in [5.41, 5.74) is 0.947. The molecule has 3 rings (SSSR count). The van der Waals surface area contributed by atoms with Crippen molar-refractivity contribution >= 4 is 41.8 Å². The molecular formula is C21H29Cl2N3O4. The summed E-state index contributed by atoms with van der Waals surface area (Å²) in [6, 6.07) is 7.18. The third kappa shape index (κ3) is 6.59. The van der Waals surface area contributed by atoms with Gasteiger partial charge in [-0.15, -0.1) is 12.4 Å². The molecule has 1 aromatic rings. The Morgan fingerprint density at radius 3 is 2.40 bits per heavy atom. The summed E-state index contributed by atoms with van der Waals surface area (Å²) >= 11 is 6.00. The second-order valence-corrected chi connectivity index (χ2v) is 8.28. The number of carboxylic acid groups (broad SMARTS) is 1. The lowest BCUT2D eigenvalue weighted by Gasteiger charge is -2.31. The van der Waals surface area contributed by atoms with Gasteiger partial charge >= 0.3 is 5.97 Å². The molecule has 2 saturated heterocycles. The van der Waals surface area contributed by atoms with E-state index in [1.807, 2.05) is 12.1 Å². The Labute approximate surface area is 187 Å². The lowest BCUT2D eigenvalue weighted by Crippen LogP contribution is -2.43. The summed E-state index contributed by atoms with van der Waals surface area (Å²) < 4.78 is 0. The zero-order valence-corrected chi connectivity index (χ0v) is 18.4. The van der Waals surface area contributed by atoms with Crippen molar-refractivity contribution in [2.45, 2.75) is 44.1 Å². The zero-order chi connectivity index (χ0) is 20.8. The van der Waals surface area contributed by atoms with Crippen LogP contribution in [0.4, 0.5) is 0 Å². The van der Waals surface area contributed by atoms with E-state index in [4.69, 9.17) is 16.7 Å². The summed E-state index contributed by atoms with van der Waals surface area (Å²) in [6.45, 7) is 2.14. The van der Waals surface area contributed by atoms with Gasteiger partial charge in [0, 0.05) is 37.0 Å². The van der Waals surface area contributed by atoms with E-state index in [1.165, 1.54) is 0 Å². The van der Waals surface area contributed by atoms with Gasteiger partial charge in [-0.1, -0.05) is 23.7 Å². The molecule has 2 atom stereocenters. The van der Waals surface area contributed by atoms with E-state index in [-0.39, 0.29) is 48.5 Å². The number of carbonyl (C=O) groups excluding carboxylic acids is 2. The van der Waals surface area contributed by atoms with Crippen molar-refractivity contribution in [1.29, 1.82) is 0 Å². The molecule has 2 heterocycles. The molecule has 0 aromatic heterocycles. The fraction of sp³-hybridized carbons (Fsp3) is 0.571. The molecule has 0 spiro atoms. The molecule has 0 radical (unpaired) electrons. The number of aliphatic carboxylic acids is 1. The van der Waals surface area contributed by atoms with E-state index in [1.54, 1.807) is 17.0 Å². The van der Waals surface area contributed by atoms with Crippen LogP contribution < -0.4 is 10.6 Å². The van der Waals surface area contributed by atoms with Gasteiger partial charge < -0.3 is 20.6 Å². The number of nitrogens with one attached hydrogen (secondary N) is 2. The Bertz CT molecular complexity index is 730. The van der Waals surface area contributed by atoms with E-state index < -0.39 is 5.97 Å². The van der Waals surface area contributed by atoms with Gasteiger partial charge in [0.25, 0.3) is 0 Å². The Morgan fingerprint density at radius 2 is 1.83 bits per heavy atom. The Balaban J connectivity index is 0.00000320. The standard InChI is InChI=1S/C21H28ClN3O4.ClH/c22-17-5-3-14(4-6-17)16(13-24-20(27)18-2-1-9-23-18)12-19(26)25-10-7-15(8-11-25)21(28)29;/h3-6,15-16,18,23H,1-2,7-13H2,(H,24,27)(H,28,29);1H/t16-,18-;/m0./s1. The molecular weight excluding hydrogens is 429 g/mol. The van der Waals surface area contributed by atoms with Crippen molar-refractivity contribution in [3.63, 3.8) is 0 Å². The fourth-order valence-corrected chi connectivity index (χ4v) is 4.14. The van der Waals surface area contributed by atoms with Crippen LogP contribution in [0.15, 0.2) is 24.3 Å². The molecule has 2 aliphatic rings. The number of amides is 2. The van der Waals surface area contributed by atoms with Crippen molar-refractivity contribution in [3.8, 4) is 0 Å². The van der Waals surface area contributed by atoms with Gasteiger partial charge in [0.2, 0.25) is 11.8 Å². The second-order valence-electron chi connectivity index (χ2n) is 7.84. The van der Waals surface area contributed by atoms with E-state index in [0.29, 0.717) is 37.5 Å². The minimum Gasteiger partial charge on any atom is -0.481 e. The number of nitrogens with zero attached hydrogens (tertiary/aromatic N) is 1. The van der Waals surface area contributed by atoms with Crippen LogP contribution in [0, 0.1) is 5.92 Å². The summed E-state index contributed by atoms with van der Waals surface area (Å²) in [4.78, 5) is 38.1. The van der Waals surface area contributed by atoms with Gasteiger partial charge in [0.15, 0.2) is 0 Å². The average Bonchev–Trinajstić information content (AvgIpc) is 3.26. The maximum atomic E-state index is 12.9. The van der Waals surface area contributed by atoms with Gasteiger partial charge in [-0.25, -0.2) is 0 Å². The molecule has 0 aliphatic carbocycles.